The Balaban J connectivity index is 1.72. The highest BCUT2D eigenvalue weighted by Gasteiger charge is 2.68. The largest absolute Gasteiger partial charge is 0.437 e. The molecule has 10 heteroatoms. The summed E-state index contributed by atoms with van der Waals surface area (Å²) >= 11 is 0. The van der Waals surface area contributed by atoms with Crippen LogP contribution in [0.2, 0.25) is 0 Å². The lowest BCUT2D eigenvalue weighted by Crippen LogP contribution is -2.46. The molecular weight excluding hydrogens is 303 g/mol. The maximum Gasteiger partial charge on any atom is 0.437 e. The maximum atomic E-state index is 13.0. The van der Waals surface area contributed by atoms with Crippen molar-refractivity contribution in [2.75, 3.05) is 18.0 Å². The number of pyridine rings is 1. The molecule has 7 nitrogen and oxygen atoms in total. The minimum Gasteiger partial charge on any atom is -0.365 e. The first-order chi connectivity index (χ1) is 10.3. The topological polar surface area (TPSA) is 84.0 Å². The van der Waals surface area contributed by atoms with E-state index in [9.17, 15) is 23.3 Å². The van der Waals surface area contributed by atoms with E-state index < -0.39 is 22.7 Å². The first kappa shape index (κ1) is 14.7. The summed E-state index contributed by atoms with van der Waals surface area (Å²) in [7, 11) is 0. The van der Waals surface area contributed by atoms with Crippen LogP contribution in [-0.4, -0.2) is 34.8 Å². The number of nitro groups is 1. The Bertz CT molecular complexity index is 619. The number of hydrogen-bond acceptors (Lipinski definition) is 6. The molecular formula is C12H12F3N5O2. The molecule has 3 rings (SSSR count). The predicted octanol–water partition coefficient (Wildman–Crippen LogP) is 2.93. The maximum absolute atomic E-state index is 13.0. The molecule has 0 aliphatic carbocycles. The molecule has 1 fully saturated rings. The van der Waals surface area contributed by atoms with Gasteiger partial charge in [-0.05, 0) is 34.9 Å². The summed E-state index contributed by atoms with van der Waals surface area (Å²) in [5.74, 6) is -0.994. The number of anilines is 1. The standard InChI is InChI=1S/C12H12F3N5O2/c13-12(14,15)11(17-18-11)8-3-6-19(7-4-8)9-2-1-5-16-10(9)20(21)22/h1-2,5,8H,3-4,6-7H2. The molecule has 0 aromatic carbocycles. The van der Waals surface area contributed by atoms with Gasteiger partial charge in [0.1, 0.15) is 11.9 Å². The summed E-state index contributed by atoms with van der Waals surface area (Å²) < 4.78 is 38.9. The Morgan fingerprint density at radius 3 is 2.45 bits per heavy atom. The van der Waals surface area contributed by atoms with Crippen LogP contribution < -0.4 is 4.90 Å². The summed E-state index contributed by atoms with van der Waals surface area (Å²) in [6.45, 7) is 0.556. The molecule has 0 spiro atoms. The van der Waals surface area contributed by atoms with E-state index in [0.717, 1.165) is 0 Å². The van der Waals surface area contributed by atoms with Crippen molar-refractivity contribution in [2.24, 2.45) is 16.1 Å². The van der Waals surface area contributed by atoms with E-state index in [1.165, 1.54) is 6.20 Å². The number of halogens is 3. The normalized spacial score (nSPS) is 21.0. The predicted molar refractivity (Wildman–Crippen MR) is 69.5 cm³/mol. The number of aromatic nitrogens is 1. The molecule has 1 aromatic rings. The van der Waals surface area contributed by atoms with Crippen molar-refractivity contribution in [2.45, 2.75) is 24.7 Å². The molecule has 22 heavy (non-hydrogen) atoms. The Labute approximate surface area is 123 Å². The zero-order chi connectivity index (χ0) is 16.0. The summed E-state index contributed by atoms with van der Waals surface area (Å²) in [5, 5.41) is 17.4. The van der Waals surface area contributed by atoms with Crippen LogP contribution in [0, 0.1) is 16.0 Å². The highest BCUT2D eigenvalue weighted by atomic mass is 19.4. The van der Waals surface area contributed by atoms with Crippen molar-refractivity contribution >= 4 is 11.5 Å². The zero-order valence-corrected chi connectivity index (χ0v) is 11.3. The molecule has 0 unspecified atom stereocenters. The third kappa shape index (κ3) is 2.28. The Kier molecular flexibility index (Phi) is 3.26. The molecule has 1 aromatic heterocycles. The second-order valence-electron chi connectivity index (χ2n) is 5.29. The van der Waals surface area contributed by atoms with Gasteiger partial charge in [0.15, 0.2) is 0 Å². The lowest BCUT2D eigenvalue weighted by molar-refractivity contribution is -0.388. The van der Waals surface area contributed by atoms with Gasteiger partial charge in [-0.2, -0.15) is 13.2 Å². The average Bonchev–Trinajstić information content (AvgIpc) is 3.29. The van der Waals surface area contributed by atoms with Gasteiger partial charge >= 0.3 is 12.0 Å². The number of nitrogens with zero attached hydrogens (tertiary/aromatic N) is 5. The molecule has 0 radical (unpaired) electrons. The van der Waals surface area contributed by atoms with Gasteiger partial charge in [0.2, 0.25) is 0 Å². The Hall–Kier alpha value is -2.26. The number of rotatable bonds is 3. The Morgan fingerprint density at radius 1 is 1.32 bits per heavy atom. The van der Waals surface area contributed by atoms with Gasteiger partial charge in [0.25, 0.3) is 5.66 Å². The molecule has 2 aliphatic rings. The van der Waals surface area contributed by atoms with Gasteiger partial charge in [-0.1, -0.05) is 0 Å². The zero-order valence-electron chi connectivity index (χ0n) is 11.3. The number of hydrogen-bond donors (Lipinski definition) is 0. The second-order valence-corrected chi connectivity index (χ2v) is 5.29. The van der Waals surface area contributed by atoms with Gasteiger partial charge in [-0.15, -0.1) is 10.2 Å². The second kappa shape index (κ2) is 4.89. The van der Waals surface area contributed by atoms with Gasteiger partial charge in [0, 0.05) is 19.0 Å². The van der Waals surface area contributed by atoms with Crippen LogP contribution in [0.25, 0.3) is 0 Å². The van der Waals surface area contributed by atoms with Crippen molar-refractivity contribution in [1.82, 2.24) is 4.98 Å². The highest BCUT2D eigenvalue weighted by Crippen LogP contribution is 2.52. The van der Waals surface area contributed by atoms with Crippen molar-refractivity contribution in [3.8, 4) is 0 Å². The van der Waals surface area contributed by atoms with E-state index in [0.29, 0.717) is 5.69 Å². The molecule has 1 saturated heterocycles. The van der Waals surface area contributed by atoms with Crippen LogP contribution in [-0.2, 0) is 0 Å². The van der Waals surface area contributed by atoms with Crippen LogP contribution in [0.4, 0.5) is 24.7 Å². The molecule has 0 amide bonds. The van der Waals surface area contributed by atoms with Crippen LogP contribution in [0.3, 0.4) is 0 Å². The smallest absolute Gasteiger partial charge is 0.365 e. The van der Waals surface area contributed by atoms with E-state index in [4.69, 9.17) is 0 Å². The summed E-state index contributed by atoms with van der Waals surface area (Å²) in [5.41, 5.74) is -1.92. The van der Waals surface area contributed by atoms with E-state index in [-0.39, 0.29) is 31.7 Å². The molecule has 0 N–H and O–H groups in total. The minimum absolute atomic E-state index is 0.221. The van der Waals surface area contributed by atoms with Crippen LogP contribution in [0.15, 0.2) is 28.6 Å². The van der Waals surface area contributed by atoms with Gasteiger partial charge < -0.3 is 15.0 Å². The van der Waals surface area contributed by atoms with Crippen molar-refractivity contribution in [3.63, 3.8) is 0 Å². The fourth-order valence-electron chi connectivity index (χ4n) is 2.86. The lowest BCUT2D eigenvalue weighted by atomic mass is 9.86. The third-order valence-corrected chi connectivity index (χ3v) is 4.08. The average molecular weight is 315 g/mol. The van der Waals surface area contributed by atoms with E-state index in [1.807, 2.05) is 0 Å². The summed E-state index contributed by atoms with van der Waals surface area (Å²) in [6.07, 6.45) is -2.72. The quantitative estimate of drug-likeness (QED) is 0.634. The van der Waals surface area contributed by atoms with E-state index >= 15 is 0 Å². The number of piperidine rings is 1. The van der Waals surface area contributed by atoms with Crippen molar-refractivity contribution in [3.05, 3.63) is 28.4 Å². The minimum atomic E-state index is -4.47. The van der Waals surface area contributed by atoms with Crippen LogP contribution in [0.5, 0.6) is 0 Å². The van der Waals surface area contributed by atoms with Gasteiger partial charge in [0.05, 0.1) is 0 Å². The molecule has 3 heterocycles. The fraction of sp³-hybridized carbons (Fsp3) is 0.583. The third-order valence-electron chi connectivity index (χ3n) is 4.08. The fourth-order valence-corrected chi connectivity index (χ4v) is 2.86. The van der Waals surface area contributed by atoms with Gasteiger partial charge in [-0.25, -0.2) is 0 Å². The van der Waals surface area contributed by atoms with Gasteiger partial charge in [-0.3, -0.25) is 0 Å². The monoisotopic (exact) mass is 315 g/mol. The highest BCUT2D eigenvalue weighted by molar-refractivity contribution is 5.59. The molecule has 0 bridgehead atoms. The van der Waals surface area contributed by atoms with Crippen molar-refractivity contribution < 1.29 is 18.1 Å². The Morgan fingerprint density at radius 2 is 1.95 bits per heavy atom. The molecule has 0 saturated carbocycles. The summed E-state index contributed by atoms with van der Waals surface area (Å²) in [6, 6.07) is 3.12. The van der Waals surface area contributed by atoms with Crippen LogP contribution >= 0.6 is 0 Å². The lowest BCUT2D eigenvalue weighted by Gasteiger charge is -2.35. The first-order valence-corrected chi connectivity index (χ1v) is 6.70. The summed E-state index contributed by atoms with van der Waals surface area (Å²) in [4.78, 5) is 15.8. The van der Waals surface area contributed by atoms with E-state index in [2.05, 4.69) is 15.2 Å². The molecule has 118 valence electrons. The SMILES string of the molecule is O=[N+]([O-])c1ncccc1N1CCC(C2(C(F)(F)F)N=N2)CC1. The number of alkyl halides is 3. The van der Waals surface area contributed by atoms with Crippen LogP contribution in [0.1, 0.15) is 12.8 Å². The molecule has 2 aliphatic heterocycles. The van der Waals surface area contributed by atoms with Crippen molar-refractivity contribution in [1.29, 1.82) is 0 Å². The molecule has 0 atom stereocenters. The van der Waals surface area contributed by atoms with E-state index in [1.54, 1.807) is 17.0 Å². The first-order valence-electron chi connectivity index (χ1n) is 6.70.